The van der Waals surface area contributed by atoms with Gasteiger partial charge in [0.15, 0.2) is 0 Å². The molecule has 4 nitrogen and oxygen atoms in total. The van der Waals surface area contributed by atoms with Gasteiger partial charge in [0.2, 0.25) is 5.95 Å². The van der Waals surface area contributed by atoms with E-state index in [0.29, 0.717) is 11.6 Å². The number of anilines is 1. The molecule has 0 atom stereocenters. The zero-order valence-corrected chi connectivity index (χ0v) is 13.2. The van der Waals surface area contributed by atoms with Crippen LogP contribution in [0.15, 0.2) is 35.1 Å². The Labute approximate surface area is 125 Å². The molecule has 1 aromatic carbocycles. The molecule has 0 aliphatic carbocycles. The SMILES string of the molecule is CCCNc1nc(-c2ccc(C(C)(C)C)cc2)cc(=O)[nH]1. The molecule has 1 heterocycles. The third kappa shape index (κ3) is 3.94. The summed E-state index contributed by atoms with van der Waals surface area (Å²) >= 11 is 0. The summed E-state index contributed by atoms with van der Waals surface area (Å²) in [4.78, 5) is 18.9. The second-order valence-corrected chi connectivity index (χ2v) is 6.23. The Balaban J connectivity index is 2.33. The van der Waals surface area contributed by atoms with Crippen LogP contribution >= 0.6 is 0 Å². The molecule has 0 radical (unpaired) electrons. The summed E-state index contributed by atoms with van der Waals surface area (Å²) in [6, 6.07) is 9.76. The fourth-order valence-electron chi connectivity index (χ4n) is 2.07. The zero-order chi connectivity index (χ0) is 15.5. The predicted octanol–water partition coefficient (Wildman–Crippen LogP) is 3.56. The van der Waals surface area contributed by atoms with E-state index in [4.69, 9.17) is 0 Å². The van der Waals surface area contributed by atoms with Crippen LogP contribution in [-0.4, -0.2) is 16.5 Å². The standard InChI is InChI=1S/C17H23N3O/c1-5-10-18-16-19-14(11-15(21)20-16)12-6-8-13(9-7-12)17(2,3)4/h6-9,11H,5,10H2,1-4H3,(H2,18,19,20,21). The molecular weight excluding hydrogens is 262 g/mol. The van der Waals surface area contributed by atoms with Crippen molar-refractivity contribution in [2.45, 2.75) is 39.5 Å². The van der Waals surface area contributed by atoms with Crippen LogP contribution in [0.5, 0.6) is 0 Å². The monoisotopic (exact) mass is 285 g/mol. The summed E-state index contributed by atoms with van der Waals surface area (Å²) in [6.45, 7) is 9.40. The van der Waals surface area contributed by atoms with Gasteiger partial charge in [-0.05, 0) is 17.4 Å². The Morgan fingerprint density at radius 1 is 1.19 bits per heavy atom. The van der Waals surface area contributed by atoms with Crippen LogP contribution in [0.3, 0.4) is 0 Å². The van der Waals surface area contributed by atoms with Gasteiger partial charge in [-0.15, -0.1) is 0 Å². The maximum absolute atomic E-state index is 11.7. The van der Waals surface area contributed by atoms with Crippen LogP contribution in [0.1, 0.15) is 39.7 Å². The first-order chi connectivity index (χ1) is 9.90. The lowest BCUT2D eigenvalue weighted by Gasteiger charge is -2.19. The van der Waals surface area contributed by atoms with Crippen LogP contribution in [0.2, 0.25) is 0 Å². The lowest BCUT2D eigenvalue weighted by Crippen LogP contribution is -2.13. The molecule has 4 heteroatoms. The fourth-order valence-corrected chi connectivity index (χ4v) is 2.07. The molecule has 0 spiro atoms. The average Bonchev–Trinajstić information content (AvgIpc) is 2.44. The number of hydrogen-bond acceptors (Lipinski definition) is 3. The predicted molar refractivity (Wildman–Crippen MR) is 87.8 cm³/mol. The first-order valence-corrected chi connectivity index (χ1v) is 7.36. The number of nitrogens with zero attached hydrogens (tertiary/aromatic N) is 1. The molecule has 0 aliphatic heterocycles. The molecule has 112 valence electrons. The number of benzene rings is 1. The number of H-pyrrole nitrogens is 1. The van der Waals surface area contributed by atoms with E-state index in [0.717, 1.165) is 18.5 Å². The molecule has 2 N–H and O–H groups in total. The lowest BCUT2D eigenvalue weighted by molar-refractivity contribution is 0.590. The van der Waals surface area contributed by atoms with Gasteiger partial charge in [-0.2, -0.15) is 0 Å². The van der Waals surface area contributed by atoms with E-state index in [2.05, 4.69) is 55.1 Å². The van der Waals surface area contributed by atoms with Crippen molar-refractivity contribution in [1.82, 2.24) is 9.97 Å². The van der Waals surface area contributed by atoms with Crippen molar-refractivity contribution in [3.8, 4) is 11.3 Å². The summed E-state index contributed by atoms with van der Waals surface area (Å²) < 4.78 is 0. The highest BCUT2D eigenvalue weighted by Crippen LogP contribution is 2.25. The van der Waals surface area contributed by atoms with Gasteiger partial charge in [-0.3, -0.25) is 9.78 Å². The number of rotatable bonds is 4. The van der Waals surface area contributed by atoms with E-state index in [1.54, 1.807) is 0 Å². The smallest absolute Gasteiger partial charge is 0.252 e. The maximum atomic E-state index is 11.7. The number of aromatic nitrogens is 2. The Hall–Kier alpha value is -2.10. The summed E-state index contributed by atoms with van der Waals surface area (Å²) in [6.07, 6.45) is 0.980. The van der Waals surface area contributed by atoms with E-state index in [1.165, 1.54) is 11.6 Å². The number of hydrogen-bond donors (Lipinski definition) is 2. The first-order valence-electron chi connectivity index (χ1n) is 7.36. The van der Waals surface area contributed by atoms with Gasteiger partial charge < -0.3 is 5.32 Å². The molecule has 0 saturated carbocycles. The molecule has 0 aliphatic rings. The van der Waals surface area contributed by atoms with Crippen LogP contribution in [-0.2, 0) is 5.41 Å². The topological polar surface area (TPSA) is 57.8 Å². The second kappa shape index (κ2) is 6.12. The van der Waals surface area contributed by atoms with Crippen LogP contribution in [0.4, 0.5) is 5.95 Å². The quantitative estimate of drug-likeness (QED) is 0.903. The molecule has 0 bridgehead atoms. The van der Waals surface area contributed by atoms with Crippen molar-refractivity contribution in [3.05, 3.63) is 46.2 Å². The van der Waals surface area contributed by atoms with E-state index in [-0.39, 0.29) is 11.0 Å². The molecule has 0 unspecified atom stereocenters. The van der Waals surface area contributed by atoms with E-state index >= 15 is 0 Å². The summed E-state index contributed by atoms with van der Waals surface area (Å²) in [5.74, 6) is 0.527. The Bertz CT molecular complexity index is 651. The average molecular weight is 285 g/mol. The first kappa shape index (κ1) is 15.3. The molecule has 0 amide bonds. The molecular formula is C17H23N3O. The van der Waals surface area contributed by atoms with Gasteiger partial charge in [0.1, 0.15) is 0 Å². The van der Waals surface area contributed by atoms with Crippen LogP contribution < -0.4 is 10.9 Å². The van der Waals surface area contributed by atoms with Gasteiger partial charge in [0.05, 0.1) is 5.69 Å². The molecule has 21 heavy (non-hydrogen) atoms. The lowest BCUT2D eigenvalue weighted by atomic mass is 9.86. The minimum atomic E-state index is -0.140. The fraction of sp³-hybridized carbons (Fsp3) is 0.412. The molecule has 1 aromatic heterocycles. The van der Waals surface area contributed by atoms with E-state index < -0.39 is 0 Å². The molecule has 2 rings (SSSR count). The van der Waals surface area contributed by atoms with E-state index in [9.17, 15) is 4.79 Å². The molecule has 0 saturated heterocycles. The summed E-state index contributed by atoms with van der Waals surface area (Å²) in [7, 11) is 0. The minimum absolute atomic E-state index is 0.119. The van der Waals surface area contributed by atoms with Gasteiger partial charge in [0, 0.05) is 18.2 Å². The zero-order valence-electron chi connectivity index (χ0n) is 13.2. The van der Waals surface area contributed by atoms with Crippen molar-refractivity contribution < 1.29 is 0 Å². The Morgan fingerprint density at radius 3 is 2.43 bits per heavy atom. The molecule has 2 aromatic rings. The molecule has 0 fully saturated rings. The third-order valence-electron chi connectivity index (χ3n) is 3.33. The van der Waals surface area contributed by atoms with Gasteiger partial charge in [-0.25, -0.2) is 4.98 Å². The summed E-state index contributed by atoms with van der Waals surface area (Å²) in [5.41, 5.74) is 2.89. The minimum Gasteiger partial charge on any atom is -0.356 e. The van der Waals surface area contributed by atoms with Crippen LogP contribution in [0.25, 0.3) is 11.3 Å². The number of nitrogens with one attached hydrogen (secondary N) is 2. The van der Waals surface area contributed by atoms with Gasteiger partial charge in [0.25, 0.3) is 5.56 Å². The van der Waals surface area contributed by atoms with Crippen molar-refractivity contribution in [2.24, 2.45) is 0 Å². The van der Waals surface area contributed by atoms with Crippen molar-refractivity contribution in [1.29, 1.82) is 0 Å². The van der Waals surface area contributed by atoms with E-state index in [1.807, 2.05) is 12.1 Å². The van der Waals surface area contributed by atoms with Crippen molar-refractivity contribution >= 4 is 5.95 Å². The van der Waals surface area contributed by atoms with Crippen LogP contribution in [0, 0.1) is 0 Å². The van der Waals surface area contributed by atoms with Gasteiger partial charge in [-0.1, -0.05) is 52.0 Å². The Kier molecular flexibility index (Phi) is 4.46. The second-order valence-electron chi connectivity index (χ2n) is 6.23. The highest BCUT2D eigenvalue weighted by molar-refractivity contribution is 5.60. The van der Waals surface area contributed by atoms with Crippen molar-refractivity contribution in [3.63, 3.8) is 0 Å². The highest BCUT2D eigenvalue weighted by Gasteiger charge is 2.13. The largest absolute Gasteiger partial charge is 0.356 e. The van der Waals surface area contributed by atoms with Gasteiger partial charge >= 0.3 is 0 Å². The Morgan fingerprint density at radius 2 is 1.86 bits per heavy atom. The van der Waals surface area contributed by atoms with Crippen molar-refractivity contribution in [2.75, 3.05) is 11.9 Å². The maximum Gasteiger partial charge on any atom is 0.252 e. The summed E-state index contributed by atoms with van der Waals surface area (Å²) in [5, 5.41) is 3.11. The normalized spacial score (nSPS) is 11.4. The highest BCUT2D eigenvalue weighted by atomic mass is 16.1. The number of aromatic amines is 1. The third-order valence-corrected chi connectivity index (χ3v) is 3.33.